The van der Waals surface area contributed by atoms with E-state index in [1.54, 1.807) is 0 Å². The van der Waals surface area contributed by atoms with Gasteiger partial charge in [0.2, 0.25) is 0 Å². The van der Waals surface area contributed by atoms with E-state index in [2.05, 4.69) is 12.1 Å². The summed E-state index contributed by atoms with van der Waals surface area (Å²) in [5, 5.41) is 18.4. The zero-order valence-electron chi connectivity index (χ0n) is 10.7. The average molecular weight is 242 g/mol. The molecule has 0 spiro atoms. The second-order valence-corrected chi connectivity index (χ2v) is 4.64. The van der Waals surface area contributed by atoms with Crippen molar-refractivity contribution >= 4 is 0 Å². The summed E-state index contributed by atoms with van der Waals surface area (Å²) >= 11 is 0. The Morgan fingerprint density at radius 2 is 1.61 bits per heavy atom. The molecule has 2 aromatic rings. The summed E-state index contributed by atoms with van der Waals surface area (Å²) in [6, 6.07) is 16.2. The summed E-state index contributed by atoms with van der Waals surface area (Å²) in [5.41, 5.74) is 4.45. The van der Waals surface area contributed by atoms with Gasteiger partial charge < -0.3 is 10.2 Å². The van der Waals surface area contributed by atoms with Crippen LogP contribution in [0.1, 0.15) is 24.0 Å². The second kappa shape index (κ2) is 5.34. The predicted molar refractivity (Wildman–Crippen MR) is 73.3 cm³/mol. The Bertz CT molecular complexity index is 518. The zero-order chi connectivity index (χ0) is 13.1. The minimum absolute atomic E-state index is 0.270. The number of aryl methyl sites for hydroxylation is 1. The van der Waals surface area contributed by atoms with Crippen molar-refractivity contribution in [2.24, 2.45) is 0 Å². The first-order valence-corrected chi connectivity index (χ1v) is 6.11. The maximum atomic E-state index is 9.21. The molecule has 0 fully saturated rings. The summed E-state index contributed by atoms with van der Waals surface area (Å²) in [6.07, 6.45) is -1.31. The van der Waals surface area contributed by atoms with Crippen molar-refractivity contribution in [3.8, 4) is 11.1 Å². The first kappa shape index (κ1) is 12.8. The molecule has 18 heavy (non-hydrogen) atoms. The van der Waals surface area contributed by atoms with Crippen molar-refractivity contribution in [3.63, 3.8) is 0 Å². The van der Waals surface area contributed by atoms with Crippen LogP contribution in [0.2, 0.25) is 0 Å². The van der Waals surface area contributed by atoms with Gasteiger partial charge in [0.05, 0.1) is 0 Å². The molecule has 2 aromatic carbocycles. The SMILES string of the molecule is Cc1cc(C(C)C(O)O)ccc1-c1ccccc1. The number of aliphatic hydroxyl groups is 2. The van der Waals surface area contributed by atoms with Gasteiger partial charge in [-0.3, -0.25) is 0 Å². The van der Waals surface area contributed by atoms with Gasteiger partial charge >= 0.3 is 0 Å². The summed E-state index contributed by atoms with van der Waals surface area (Å²) in [4.78, 5) is 0. The van der Waals surface area contributed by atoms with Gasteiger partial charge in [-0.2, -0.15) is 0 Å². The quantitative estimate of drug-likeness (QED) is 0.812. The molecular weight excluding hydrogens is 224 g/mol. The molecule has 0 aliphatic rings. The standard InChI is InChI=1S/C16H18O2/c1-11-10-14(12(2)16(17)18)8-9-15(11)13-6-4-3-5-7-13/h3-10,12,16-18H,1-2H3. The fraction of sp³-hybridized carbons (Fsp3) is 0.250. The Morgan fingerprint density at radius 3 is 2.17 bits per heavy atom. The minimum atomic E-state index is -1.31. The highest BCUT2D eigenvalue weighted by atomic mass is 16.5. The molecule has 2 N–H and O–H groups in total. The van der Waals surface area contributed by atoms with Crippen molar-refractivity contribution in [2.45, 2.75) is 26.1 Å². The van der Waals surface area contributed by atoms with E-state index < -0.39 is 6.29 Å². The summed E-state index contributed by atoms with van der Waals surface area (Å²) in [5.74, 6) is -0.270. The smallest absolute Gasteiger partial charge is 0.158 e. The second-order valence-electron chi connectivity index (χ2n) is 4.64. The highest BCUT2D eigenvalue weighted by molar-refractivity contribution is 5.67. The van der Waals surface area contributed by atoms with E-state index in [1.165, 1.54) is 11.1 Å². The lowest BCUT2D eigenvalue weighted by Gasteiger charge is -2.16. The Kier molecular flexibility index (Phi) is 3.80. The van der Waals surface area contributed by atoms with Gasteiger partial charge in [0, 0.05) is 5.92 Å². The summed E-state index contributed by atoms with van der Waals surface area (Å²) in [7, 11) is 0. The number of hydrogen-bond donors (Lipinski definition) is 2. The van der Waals surface area contributed by atoms with Gasteiger partial charge in [-0.15, -0.1) is 0 Å². The molecule has 0 saturated carbocycles. The first-order valence-electron chi connectivity index (χ1n) is 6.11. The van der Waals surface area contributed by atoms with Gasteiger partial charge in [0.15, 0.2) is 6.29 Å². The van der Waals surface area contributed by atoms with Crippen molar-refractivity contribution in [1.29, 1.82) is 0 Å². The van der Waals surface area contributed by atoms with Gasteiger partial charge in [-0.1, -0.05) is 55.5 Å². The largest absolute Gasteiger partial charge is 0.368 e. The van der Waals surface area contributed by atoms with Crippen LogP contribution in [0.25, 0.3) is 11.1 Å². The van der Waals surface area contributed by atoms with E-state index in [0.29, 0.717) is 0 Å². The molecule has 0 heterocycles. The topological polar surface area (TPSA) is 40.5 Å². The van der Waals surface area contributed by atoms with E-state index in [9.17, 15) is 10.2 Å². The average Bonchev–Trinajstić information content (AvgIpc) is 2.38. The van der Waals surface area contributed by atoms with Crippen LogP contribution in [0.3, 0.4) is 0 Å². The molecule has 2 rings (SSSR count). The van der Waals surface area contributed by atoms with Crippen LogP contribution in [0, 0.1) is 6.92 Å². The number of rotatable bonds is 3. The van der Waals surface area contributed by atoms with Crippen LogP contribution in [0.5, 0.6) is 0 Å². The molecular formula is C16H18O2. The molecule has 0 radical (unpaired) electrons. The minimum Gasteiger partial charge on any atom is -0.368 e. The van der Waals surface area contributed by atoms with E-state index in [-0.39, 0.29) is 5.92 Å². The van der Waals surface area contributed by atoms with Gasteiger partial charge in [0.1, 0.15) is 0 Å². The summed E-state index contributed by atoms with van der Waals surface area (Å²) < 4.78 is 0. The van der Waals surface area contributed by atoms with E-state index in [0.717, 1.165) is 11.1 Å². The fourth-order valence-electron chi connectivity index (χ4n) is 2.08. The lowest BCUT2D eigenvalue weighted by Crippen LogP contribution is -2.14. The van der Waals surface area contributed by atoms with Crippen LogP contribution in [0.4, 0.5) is 0 Å². The van der Waals surface area contributed by atoms with Gasteiger partial charge in [0.25, 0.3) is 0 Å². The molecule has 2 nitrogen and oxygen atoms in total. The Labute approximate surface area is 108 Å². The van der Waals surface area contributed by atoms with Gasteiger partial charge in [-0.25, -0.2) is 0 Å². The molecule has 2 heteroatoms. The highest BCUT2D eigenvalue weighted by Crippen LogP contribution is 2.27. The molecule has 1 unspecified atom stereocenters. The van der Waals surface area contributed by atoms with E-state index in [1.807, 2.05) is 50.2 Å². The molecule has 1 atom stereocenters. The third-order valence-corrected chi connectivity index (χ3v) is 3.31. The zero-order valence-corrected chi connectivity index (χ0v) is 10.7. The van der Waals surface area contributed by atoms with E-state index >= 15 is 0 Å². The van der Waals surface area contributed by atoms with Crippen LogP contribution in [-0.4, -0.2) is 16.5 Å². The normalized spacial score (nSPS) is 12.7. The molecule has 0 aliphatic carbocycles. The Balaban J connectivity index is 2.37. The molecule has 0 saturated heterocycles. The van der Waals surface area contributed by atoms with E-state index in [4.69, 9.17) is 0 Å². The van der Waals surface area contributed by atoms with Crippen molar-refractivity contribution in [2.75, 3.05) is 0 Å². The highest BCUT2D eigenvalue weighted by Gasteiger charge is 2.14. The number of aliphatic hydroxyl groups excluding tert-OH is 1. The van der Waals surface area contributed by atoms with Crippen LogP contribution in [0.15, 0.2) is 48.5 Å². The molecule has 0 amide bonds. The number of hydrogen-bond acceptors (Lipinski definition) is 2. The molecule has 0 bridgehead atoms. The molecule has 94 valence electrons. The molecule has 0 aromatic heterocycles. The lowest BCUT2D eigenvalue weighted by molar-refractivity contribution is -0.0561. The van der Waals surface area contributed by atoms with Crippen LogP contribution < -0.4 is 0 Å². The maximum absolute atomic E-state index is 9.21. The maximum Gasteiger partial charge on any atom is 0.158 e. The van der Waals surface area contributed by atoms with Crippen molar-refractivity contribution < 1.29 is 10.2 Å². The summed E-state index contributed by atoms with van der Waals surface area (Å²) in [6.45, 7) is 3.85. The Morgan fingerprint density at radius 1 is 0.944 bits per heavy atom. The van der Waals surface area contributed by atoms with Crippen LogP contribution >= 0.6 is 0 Å². The third kappa shape index (κ3) is 2.61. The fourth-order valence-corrected chi connectivity index (χ4v) is 2.08. The molecule has 0 aliphatic heterocycles. The van der Waals surface area contributed by atoms with Crippen molar-refractivity contribution in [3.05, 3.63) is 59.7 Å². The number of benzene rings is 2. The van der Waals surface area contributed by atoms with Crippen LogP contribution in [-0.2, 0) is 0 Å². The monoisotopic (exact) mass is 242 g/mol. The lowest BCUT2D eigenvalue weighted by atomic mass is 9.93. The predicted octanol–water partition coefficient (Wildman–Crippen LogP) is 3.08. The Hall–Kier alpha value is -1.64. The third-order valence-electron chi connectivity index (χ3n) is 3.31. The van der Waals surface area contributed by atoms with Crippen molar-refractivity contribution in [1.82, 2.24) is 0 Å². The van der Waals surface area contributed by atoms with Gasteiger partial charge in [-0.05, 0) is 29.2 Å². The first-order chi connectivity index (χ1) is 8.59.